The molecule has 0 radical (unpaired) electrons. The van der Waals surface area contributed by atoms with Crippen LogP contribution in [0, 0.1) is 6.92 Å². The zero-order valence-electron chi connectivity index (χ0n) is 23.1. The lowest BCUT2D eigenvalue weighted by atomic mass is 9.85. The van der Waals surface area contributed by atoms with Crippen molar-refractivity contribution in [3.05, 3.63) is 101 Å². The normalized spacial score (nSPS) is 13.0. The molecule has 1 aromatic heterocycles. The summed E-state index contributed by atoms with van der Waals surface area (Å²) in [6.07, 6.45) is -4.43. The van der Waals surface area contributed by atoms with Crippen LogP contribution in [0.4, 0.5) is 13.2 Å². The number of fused-ring (bicyclic) bond motifs is 3. The second kappa shape index (κ2) is 8.76. The van der Waals surface area contributed by atoms with Gasteiger partial charge in [0.05, 0.1) is 22.3 Å². The van der Waals surface area contributed by atoms with Crippen molar-refractivity contribution >= 4 is 21.8 Å². The van der Waals surface area contributed by atoms with Gasteiger partial charge in [0, 0.05) is 16.3 Å². The summed E-state index contributed by atoms with van der Waals surface area (Å²) in [5, 5.41) is 2.22. The Morgan fingerprint density at radius 3 is 1.53 bits per heavy atom. The Balaban J connectivity index is 1.95. The maximum absolute atomic E-state index is 13.9. The highest BCUT2D eigenvalue weighted by Gasteiger charge is 2.33. The molecule has 0 bridgehead atoms. The molecule has 0 amide bonds. The van der Waals surface area contributed by atoms with Gasteiger partial charge in [-0.05, 0) is 76.4 Å². The van der Waals surface area contributed by atoms with E-state index in [9.17, 15) is 13.2 Å². The average molecular weight is 514 g/mol. The SMILES string of the molecule is Cc1cc(C(F)(F)F)cc(-c2ccccc2)c1-n1c2ccc(C(C)(C)C)cc2c2cc(C(C)(C)C)ccc21. The largest absolute Gasteiger partial charge is 0.416 e. The molecular formula is C34H34F3N. The van der Waals surface area contributed by atoms with Crippen LogP contribution in [-0.2, 0) is 17.0 Å². The van der Waals surface area contributed by atoms with E-state index in [-0.39, 0.29) is 10.8 Å². The fourth-order valence-corrected chi connectivity index (χ4v) is 5.28. The summed E-state index contributed by atoms with van der Waals surface area (Å²) in [5.41, 5.74) is 6.37. The molecule has 0 saturated carbocycles. The van der Waals surface area contributed by atoms with E-state index in [0.717, 1.165) is 33.1 Å². The molecule has 38 heavy (non-hydrogen) atoms. The molecule has 196 valence electrons. The first-order valence-electron chi connectivity index (χ1n) is 13.0. The summed E-state index contributed by atoms with van der Waals surface area (Å²) < 4.78 is 44.0. The predicted molar refractivity (Wildman–Crippen MR) is 153 cm³/mol. The molecule has 1 nitrogen and oxygen atoms in total. The zero-order valence-corrected chi connectivity index (χ0v) is 23.1. The number of halogens is 3. The van der Waals surface area contributed by atoms with E-state index in [0.29, 0.717) is 11.1 Å². The molecule has 0 aliphatic rings. The van der Waals surface area contributed by atoms with Crippen LogP contribution >= 0.6 is 0 Å². The molecule has 0 spiro atoms. The first-order valence-corrected chi connectivity index (χ1v) is 13.0. The lowest BCUT2D eigenvalue weighted by Crippen LogP contribution is -2.11. The van der Waals surface area contributed by atoms with Gasteiger partial charge in [-0.15, -0.1) is 0 Å². The van der Waals surface area contributed by atoms with Gasteiger partial charge < -0.3 is 4.57 Å². The van der Waals surface area contributed by atoms with Crippen molar-refractivity contribution < 1.29 is 13.2 Å². The number of benzene rings is 4. The van der Waals surface area contributed by atoms with E-state index < -0.39 is 11.7 Å². The number of aryl methyl sites for hydroxylation is 1. The molecular weight excluding hydrogens is 479 g/mol. The van der Waals surface area contributed by atoms with E-state index in [1.165, 1.54) is 23.3 Å². The minimum absolute atomic E-state index is 0.0380. The van der Waals surface area contributed by atoms with Gasteiger partial charge in [-0.25, -0.2) is 0 Å². The highest BCUT2D eigenvalue weighted by molar-refractivity contribution is 6.10. The Kier molecular flexibility index (Phi) is 6.01. The summed E-state index contributed by atoms with van der Waals surface area (Å²) in [6.45, 7) is 15.0. The smallest absolute Gasteiger partial charge is 0.308 e. The van der Waals surface area contributed by atoms with Gasteiger partial charge in [-0.1, -0.05) is 84.0 Å². The molecule has 0 saturated heterocycles. The van der Waals surface area contributed by atoms with Gasteiger partial charge in [0.25, 0.3) is 0 Å². The van der Waals surface area contributed by atoms with Crippen LogP contribution in [0.15, 0.2) is 78.9 Å². The molecule has 1 heterocycles. The van der Waals surface area contributed by atoms with Crippen molar-refractivity contribution in [2.24, 2.45) is 0 Å². The summed E-state index contributed by atoms with van der Waals surface area (Å²) in [5.74, 6) is 0. The van der Waals surface area contributed by atoms with Gasteiger partial charge in [0.1, 0.15) is 0 Å². The molecule has 0 atom stereocenters. The molecule has 5 aromatic rings. The fraction of sp³-hybridized carbons (Fsp3) is 0.294. The number of hydrogen-bond donors (Lipinski definition) is 0. The van der Waals surface area contributed by atoms with Crippen LogP contribution in [0.1, 0.15) is 63.8 Å². The molecule has 0 unspecified atom stereocenters. The number of aromatic nitrogens is 1. The van der Waals surface area contributed by atoms with Crippen molar-refractivity contribution in [1.29, 1.82) is 0 Å². The van der Waals surface area contributed by atoms with Gasteiger partial charge in [-0.3, -0.25) is 0 Å². The molecule has 0 N–H and O–H groups in total. The Labute approximate surface area is 222 Å². The molecule has 0 aliphatic heterocycles. The van der Waals surface area contributed by atoms with Crippen LogP contribution < -0.4 is 0 Å². The van der Waals surface area contributed by atoms with E-state index in [1.807, 2.05) is 30.3 Å². The van der Waals surface area contributed by atoms with E-state index in [2.05, 4.69) is 82.5 Å². The molecule has 0 aliphatic carbocycles. The van der Waals surface area contributed by atoms with Crippen molar-refractivity contribution in [3.8, 4) is 16.8 Å². The lowest BCUT2D eigenvalue weighted by molar-refractivity contribution is -0.137. The highest BCUT2D eigenvalue weighted by Crippen LogP contribution is 2.43. The Morgan fingerprint density at radius 2 is 1.08 bits per heavy atom. The number of hydrogen-bond acceptors (Lipinski definition) is 0. The number of nitrogens with zero attached hydrogens (tertiary/aromatic N) is 1. The molecule has 5 rings (SSSR count). The summed E-state index contributed by atoms with van der Waals surface area (Å²) in [6, 6.07) is 25.0. The van der Waals surface area contributed by atoms with Crippen molar-refractivity contribution in [2.45, 2.75) is 65.5 Å². The predicted octanol–water partition coefficient (Wildman–Crippen LogP) is 10.4. The van der Waals surface area contributed by atoms with Crippen LogP contribution in [0.5, 0.6) is 0 Å². The second-order valence-corrected chi connectivity index (χ2v) is 12.4. The maximum atomic E-state index is 13.9. The number of rotatable bonds is 2. The van der Waals surface area contributed by atoms with Crippen molar-refractivity contribution in [3.63, 3.8) is 0 Å². The van der Waals surface area contributed by atoms with Crippen molar-refractivity contribution in [1.82, 2.24) is 4.57 Å². The number of alkyl halides is 3. The highest BCUT2D eigenvalue weighted by atomic mass is 19.4. The standard InChI is InChI=1S/C34H34F3N/c1-21-17-25(34(35,36)37)20-26(22-11-9-8-10-12-22)31(21)38-29-15-13-23(32(2,3)4)18-27(29)28-19-24(33(5,6)7)14-16-30(28)38/h8-20H,1-7H3. The van der Waals surface area contributed by atoms with Crippen LogP contribution in [0.2, 0.25) is 0 Å². The first kappa shape index (κ1) is 26.1. The average Bonchev–Trinajstić information content (AvgIpc) is 3.15. The fourth-order valence-electron chi connectivity index (χ4n) is 5.28. The minimum atomic E-state index is -4.43. The summed E-state index contributed by atoms with van der Waals surface area (Å²) >= 11 is 0. The van der Waals surface area contributed by atoms with Crippen LogP contribution in [-0.4, -0.2) is 4.57 Å². The Hall–Kier alpha value is -3.53. The molecule has 4 heteroatoms. The third kappa shape index (κ3) is 4.51. The first-order chi connectivity index (χ1) is 17.7. The van der Waals surface area contributed by atoms with Gasteiger partial charge >= 0.3 is 6.18 Å². The van der Waals surface area contributed by atoms with Crippen LogP contribution in [0.3, 0.4) is 0 Å². The summed E-state index contributed by atoms with van der Waals surface area (Å²) in [7, 11) is 0. The van der Waals surface area contributed by atoms with Gasteiger partial charge in [0.2, 0.25) is 0 Å². The topological polar surface area (TPSA) is 4.93 Å². The molecule has 4 aromatic carbocycles. The third-order valence-corrected chi connectivity index (χ3v) is 7.43. The molecule has 0 fully saturated rings. The van der Waals surface area contributed by atoms with Gasteiger partial charge in [-0.2, -0.15) is 13.2 Å². The van der Waals surface area contributed by atoms with E-state index in [1.54, 1.807) is 6.92 Å². The quantitative estimate of drug-likeness (QED) is 0.221. The zero-order chi connectivity index (χ0) is 27.6. The minimum Gasteiger partial charge on any atom is -0.308 e. The van der Waals surface area contributed by atoms with Crippen molar-refractivity contribution in [2.75, 3.05) is 0 Å². The van der Waals surface area contributed by atoms with Gasteiger partial charge in [0.15, 0.2) is 0 Å². The maximum Gasteiger partial charge on any atom is 0.416 e. The lowest BCUT2D eigenvalue weighted by Gasteiger charge is -2.21. The summed E-state index contributed by atoms with van der Waals surface area (Å²) in [4.78, 5) is 0. The second-order valence-electron chi connectivity index (χ2n) is 12.4. The van der Waals surface area contributed by atoms with E-state index >= 15 is 0 Å². The monoisotopic (exact) mass is 513 g/mol. The Morgan fingerprint density at radius 1 is 0.579 bits per heavy atom. The Bertz CT molecular complexity index is 1590. The third-order valence-electron chi connectivity index (χ3n) is 7.43. The van der Waals surface area contributed by atoms with E-state index in [4.69, 9.17) is 0 Å². The van der Waals surface area contributed by atoms with Crippen LogP contribution in [0.25, 0.3) is 38.6 Å².